The van der Waals surface area contributed by atoms with Crippen molar-refractivity contribution in [2.24, 2.45) is 0 Å². The summed E-state index contributed by atoms with van der Waals surface area (Å²) < 4.78 is 29.7. The molecular formula is C14H17N3O4S. The Labute approximate surface area is 128 Å². The van der Waals surface area contributed by atoms with Crippen LogP contribution < -0.4 is 5.32 Å². The molecule has 0 spiro atoms. The van der Waals surface area contributed by atoms with E-state index in [-0.39, 0.29) is 11.2 Å². The first-order valence-electron chi connectivity index (χ1n) is 7.09. The first-order chi connectivity index (χ1) is 10.5. The third-order valence-corrected chi connectivity index (χ3v) is 6.19. The van der Waals surface area contributed by atoms with Gasteiger partial charge in [0, 0.05) is 0 Å². The lowest BCUT2D eigenvalue weighted by Gasteiger charge is -2.10. The molecule has 7 nitrogen and oxygen atoms in total. The van der Waals surface area contributed by atoms with Crippen LogP contribution in [0.15, 0.2) is 23.1 Å². The number of nitrogens with one attached hydrogen (secondary N) is 2. The summed E-state index contributed by atoms with van der Waals surface area (Å²) in [6, 6.07) is 4.77. The van der Waals surface area contributed by atoms with Crippen molar-refractivity contribution in [3.8, 4) is 0 Å². The third kappa shape index (κ3) is 2.66. The Morgan fingerprint density at radius 2 is 2.09 bits per heavy atom. The SMILES string of the molecule is COC(=O)Nc1nc2ccc(S(=O)(=O)C3CCCC3)cc2[nH]1. The molecule has 0 bridgehead atoms. The number of methoxy groups -OCH3 is 1. The van der Waals surface area contributed by atoms with Gasteiger partial charge in [-0.05, 0) is 31.0 Å². The molecule has 1 saturated carbocycles. The number of H-pyrrole nitrogens is 1. The molecule has 1 amide bonds. The molecule has 1 aliphatic rings. The van der Waals surface area contributed by atoms with Crippen LogP contribution in [0, 0.1) is 0 Å². The van der Waals surface area contributed by atoms with E-state index in [4.69, 9.17) is 0 Å². The molecule has 2 N–H and O–H groups in total. The lowest BCUT2D eigenvalue weighted by atomic mass is 10.3. The van der Waals surface area contributed by atoms with Crippen molar-refractivity contribution < 1.29 is 17.9 Å². The largest absolute Gasteiger partial charge is 0.453 e. The monoisotopic (exact) mass is 323 g/mol. The number of fused-ring (bicyclic) bond motifs is 1. The molecule has 1 aromatic heterocycles. The van der Waals surface area contributed by atoms with Gasteiger partial charge in [-0.15, -0.1) is 0 Å². The van der Waals surface area contributed by atoms with Crippen molar-refractivity contribution in [3.63, 3.8) is 0 Å². The van der Waals surface area contributed by atoms with Crippen molar-refractivity contribution in [3.05, 3.63) is 18.2 Å². The minimum Gasteiger partial charge on any atom is -0.453 e. The zero-order valence-corrected chi connectivity index (χ0v) is 12.9. The first-order valence-corrected chi connectivity index (χ1v) is 8.64. The molecule has 3 rings (SSSR count). The number of nitrogens with zero attached hydrogens (tertiary/aromatic N) is 1. The minimum absolute atomic E-state index is 0.220. The van der Waals surface area contributed by atoms with Crippen LogP contribution in [0.25, 0.3) is 11.0 Å². The highest BCUT2D eigenvalue weighted by Gasteiger charge is 2.30. The molecule has 1 aliphatic carbocycles. The molecule has 0 saturated heterocycles. The summed E-state index contributed by atoms with van der Waals surface area (Å²) in [5, 5.41) is 2.13. The molecule has 8 heteroatoms. The maximum absolute atomic E-state index is 12.6. The van der Waals surface area contributed by atoms with Crippen LogP contribution in [-0.2, 0) is 14.6 Å². The second-order valence-corrected chi connectivity index (χ2v) is 7.56. The standard InChI is InChI=1S/C14H17N3O4S/c1-21-14(18)17-13-15-11-7-6-10(8-12(11)16-13)22(19,20)9-4-2-3-5-9/h6-9H,2-5H2,1H3,(H2,15,16,17,18). The highest BCUT2D eigenvalue weighted by atomic mass is 32.2. The summed E-state index contributed by atoms with van der Waals surface area (Å²) in [7, 11) is -2.05. The molecule has 0 unspecified atom stereocenters. The van der Waals surface area contributed by atoms with Gasteiger partial charge in [-0.3, -0.25) is 5.32 Å². The Kier molecular flexibility index (Phi) is 3.78. The number of carbonyl (C=O) groups excluding carboxylic acids is 1. The number of benzene rings is 1. The summed E-state index contributed by atoms with van der Waals surface area (Å²) in [5.74, 6) is 0.220. The van der Waals surface area contributed by atoms with Crippen molar-refractivity contribution in [1.29, 1.82) is 0 Å². The number of imidazole rings is 1. The van der Waals surface area contributed by atoms with E-state index in [1.165, 1.54) is 7.11 Å². The average Bonchev–Trinajstić information content (AvgIpc) is 3.15. The fraction of sp³-hybridized carbons (Fsp3) is 0.429. The van der Waals surface area contributed by atoms with E-state index in [1.807, 2.05) is 0 Å². The van der Waals surface area contributed by atoms with E-state index in [0.717, 1.165) is 25.7 Å². The van der Waals surface area contributed by atoms with Gasteiger partial charge in [0.25, 0.3) is 0 Å². The van der Waals surface area contributed by atoms with E-state index < -0.39 is 15.9 Å². The fourth-order valence-corrected chi connectivity index (χ4v) is 4.64. The van der Waals surface area contributed by atoms with E-state index in [1.54, 1.807) is 18.2 Å². The van der Waals surface area contributed by atoms with Crippen molar-refractivity contribution >= 4 is 32.9 Å². The number of hydrogen-bond donors (Lipinski definition) is 2. The fourth-order valence-electron chi connectivity index (χ4n) is 2.76. The molecule has 22 heavy (non-hydrogen) atoms. The van der Waals surface area contributed by atoms with E-state index in [9.17, 15) is 13.2 Å². The Hall–Kier alpha value is -2.09. The Bertz CT molecular complexity index is 807. The van der Waals surface area contributed by atoms with Crippen LogP contribution in [0.2, 0.25) is 0 Å². The zero-order chi connectivity index (χ0) is 15.7. The van der Waals surface area contributed by atoms with Crippen LogP contribution in [0.1, 0.15) is 25.7 Å². The second-order valence-electron chi connectivity index (χ2n) is 5.33. The highest BCUT2D eigenvalue weighted by molar-refractivity contribution is 7.92. The number of aromatic nitrogens is 2. The smallest absolute Gasteiger partial charge is 0.413 e. The first kappa shape index (κ1) is 14.8. The van der Waals surface area contributed by atoms with Gasteiger partial charge in [-0.25, -0.2) is 18.2 Å². The lowest BCUT2D eigenvalue weighted by molar-refractivity contribution is 0.186. The van der Waals surface area contributed by atoms with Crippen LogP contribution in [0.5, 0.6) is 0 Å². The number of rotatable bonds is 3. The normalized spacial score (nSPS) is 16.0. The number of amides is 1. The zero-order valence-electron chi connectivity index (χ0n) is 12.1. The number of ether oxygens (including phenoxy) is 1. The van der Waals surface area contributed by atoms with E-state index >= 15 is 0 Å². The summed E-state index contributed by atoms with van der Waals surface area (Å²) in [6.45, 7) is 0. The summed E-state index contributed by atoms with van der Waals surface area (Å²) in [4.78, 5) is 18.5. The molecule has 2 aromatic rings. The minimum atomic E-state index is -3.31. The number of anilines is 1. The van der Waals surface area contributed by atoms with Gasteiger partial charge in [-0.1, -0.05) is 12.8 Å². The number of carbonyl (C=O) groups is 1. The second kappa shape index (κ2) is 5.60. The van der Waals surface area contributed by atoms with Gasteiger partial charge >= 0.3 is 6.09 Å². The Morgan fingerprint density at radius 1 is 1.36 bits per heavy atom. The van der Waals surface area contributed by atoms with Gasteiger partial charge in [0.1, 0.15) is 0 Å². The van der Waals surface area contributed by atoms with Gasteiger partial charge in [0.2, 0.25) is 5.95 Å². The summed E-state index contributed by atoms with van der Waals surface area (Å²) in [6.07, 6.45) is 2.72. The van der Waals surface area contributed by atoms with Gasteiger partial charge < -0.3 is 9.72 Å². The Balaban J connectivity index is 1.94. The van der Waals surface area contributed by atoms with Crippen molar-refractivity contribution in [2.75, 3.05) is 12.4 Å². The molecule has 0 radical (unpaired) electrons. The predicted octanol–water partition coefficient (Wildman–Crippen LogP) is 2.46. The maximum atomic E-state index is 12.6. The quantitative estimate of drug-likeness (QED) is 0.903. The third-order valence-electron chi connectivity index (χ3n) is 3.93. The number of aromatic amines is 1. The van der Waals surface area contributed by atoms with Crippen LogP contribution in [-0.4, -0.2) is 36.8 Å². The van der Waals surface area contributed by atoms with Gasteiger partial charge in [0.15, 0.2) is 9.84 Å². The summed E-state index contributed by atoms with van der Waals surface area (Å²) in [5.41, 5.74) is 1.14. The molecule has 1 aromatic carbocycles. The van der Waals surface area contributed by atoms with Gasteiger partial charge in [0.05, 0.1) is 28.3 Å². The molecule has 1 fully saturated rings. The number of hydrogen-bond acceptors (Lipinski definition) is 5. The highest BCUT2D eigenvalue weighted by Crippen LogP contribution is 2.30. The molecule has 118 valence electrons. The molecule has 0 atom stereocenters. The molecule has 0 aliphatic heterocycles. The van der Waals surface area contributed by atoms with Crippen LogP contribution >= 0.6 is 0 Å². The van der Waals surface area contributed by atoms with Gasteiger partial charge in [-0.2, -0.15) is 0 Å². The lowest BCUT2D eigenvalue weighted by Crippen LogP contribution is -2.17. The average molecular weight is 323 g/mol. The van der Waals surface area contributed by atoms with Crippen LogP contribution in [0.3, 0.4) is 0 Å². The van der Waals surface area contributed by atoms with Crippen molar-refractivity contribution in [1.82, 2.24) is 9.97 Å². The maximum Gasteiger partial charge on any atom is 0.413 e. The Morgan fingerprint density at radius 3 is 2.77 bits per heavy atom. The topological polar surface area (TPSA) is 101 Å². The molecule has 1 heterocycles. The predicted molar refractivity (Wildman–Crippen MR) is 81.6 cm³/mol. The van der Waals surface area contributed by atoms with Crippen molar-refractivity contribution in [2.45, 2.75) is 35.8 Å². The molecular weight excluding hydrogens is 306 g/mol. The van der Waals surface area contributed by atoms with E-state index in [0.29, 0.717) is 15.9 Å². The number of sulfone groups is 1. The van der Waals surface area contributed by atoms with Crippen LogP contribution in [0.4, 0.5) is 10.7 Å². The summed E-state index contributed by atoms with van der Waals surface area (Å²) >= 11 is 0. The van der Waals surface area contributed by atoms with E-state index in [2.05, 4.69) is 20.0 Å².